The molecule has 0 aliphatic carbocycles. The first-order valence-electron chi connectivity index (χ1n) is 8.16. The van der Waals surface area contributed by atoms with E-state index < -0.39 is 17.7 Å². The molecule has 0 aliphatic rings. The summed E-state index contributed by atoms with van der Waals surface area (Å²) >= 11 is 0. The third-order valence-electron chi connectivity index (χ3n) is 3.47. The minimum atomic E-state index is -0.537. The van der Waals surface area contributed by atoms with E-state index >= 15 is 0 Å². The van der Waals surface area contributed by atoms with E-state index in [2.05, 4.69) is 16.2 Å². The summed E-state index contributed by atoms with van der Waals surface area (Å²) in [6.45, 7) is 4.06. The van der Waals surface area contributed by atoms with Gasteiger partial charge in [-0.1, -0.05) is 17.7 Å². The predicted molar refractivity (Wildman–Crippen MR) is 96.7 cm³/mol. The molecule has 0 unspecified atom stereocenters. The molecule has 0 radical (unpaired) electrons. The summed E-state index contributed by atoms with van der Waals surface area (Å²) in [5.41, 5.74) is 6.41. The van der Waals surface area contributed by atoms with E-state index in [1.165, 1.54) is 0 Å². The molecule has 3 amide bonds. The fourth-order valence-corrected chi connectivity index (χ4v) is 2.08. The highest BCUT2D eigenvalue weighted by atomic mass is 16.5. The fraction of sp³-hybridized carbons (Fsp3) is 0.211. The maximum atomic E-state index is 12.0. The molecule has 0 atom stereocenters. The van der Waals surface area contributed by atoms with Gasteiger partial charge in [-0.05, 0) is 50.2 Å². The molecule has 0 saturated heterocycles. The van der Waals surface area contributed by atoms with Gasteiger partial charge in [-0.2, -0.15) is 0 Å². The quantitative estimate of drug-likeness (QED) is 0.686. The molecule has 0 aromatic heterocycles. The van der Waals surface area contributed by atoms with Crippen LogP contribution in [-0.4, -0.2) is 30.9 Å². The van der Waals surface area contributed by atoms with Crippen molar-refractivity contribution in [1.82, 2.24) is 16.2 Å². The molecular formula is C19H21N3O4. The van der Waals surface area contributed by atoms with Gasteiger partial charge in [0, 0.05) is 11.1 Å². The van der Waals surface area contributed by atoms with Crippen LogP contribution in [0.1, 0.15) is 33.2 Å². The van der Waals surface area contributed by atoms with Crippen molar-refractivity contribution in [3.05, 3.63) is 65.2 Å². The van der Waals surface area contributed by atoms with Crippen LogP contribution in [0.25, 0.3) is 0 Å². The number of amides is 3. The average Bonchev–Trinajstić information content (AvgIpc) is 2.65. The predicted octanol–water partition coefficient (Wildman–Crippen LogP) is 1.58. The zero-order valence-corrected chi connectivity index (χ0v) is 14.7. The molecule has 3 N–H and O–H groups in total. The van der Waals surface area contributed by atoms with Gasteiger partial charge in [-0.15, -0.1) is 0 Å². The van der Waals surface area contributed by atoms with Crippen molar-refractivity contribution in [2.45, 2.75) is 13.8 Å². The number of aryl methyl sites for hydroxylation is 1. The zero-order chi connectivity index (χ0) is 18.9. The molecule has 0 saturated carbocycles. The first-order chi connectivity index (χ1) is 12.5. The Kier molecular flexibility index (Phi) is 6.73. The summed E-state index contributed by atoms with van der Waals surface area (Å²) in [4.78, 5) is 35.6. The van der Waals surface area contributed by atoms with Crippen molar-refractivity contribution in [2.24, 2.45) is 0 Å². The summed E-state index contributed by atoms with van der Waals surface area (Å²) in [6.07, 6.45) is 0. The largest absolute Gasteiger partial charge is 0.494 e. The van der Waals surface area contributed by atoms with Gasteiger partial charge in [0.15, 0.2) is 0 Å². The summed E-state index contributed by atoms with van der Waals surface area (Å²) < 4.78 is 5.30. The van der Waals surface area contributed by atoms with E-state index in [4.69, 9.17) is 4.74 Å². The SMILES string of the molecule is CCOc1ccc(C(=O)NCC(=O)NNC(=O)c2ccc(C)cc2)cc1. The molecule has 7 heteroatoms. The van der Waals surface area contributed by atoms with Gasteiger partial charge in [-0.3, -0.25) is 25.2 Å². The maximum Gasteiger partial charge on any atom is 0.269 e. The Balaban J connectivity index is 1.76. The van der Waals surface area contributed by atoms with Crippen LogP contribution in [0.15, 0.2) is 48.5 Å². The molecule has 26 heavy (non-hydrogen) atoms. The van der Waals surface area contributed by atoms with Crippen molar-refractivity contribution >= 4 is 17.7 Å². The molecule has 7 nitrogen and oxygen atoms in total. The second kappa shape index (κ2) is 9.22. The Morgan fingerprint density at radius 1 is 0.846 bits per heavy atom. The topological polar surface area (TPSA) is 96.5 Å². The molecular weight excluding hydrogens is 334 g/mol. The number of nitrogens with one attached hydrogen (secondary N) is 3. The highest BCUT2D eigenvalue weighted by molar-refractivity contribution is 5.98. The number of carbonyl (C=O) groups excluding carboxylic acids is 3. The Hall–Kier alpha value is -3.35. The van der Waals surface area contributed by atoms with Gasteiger partial charge in [0.25, 0.3) is 17.7 Å². The first-order valence-corrected chi connectivity index (χ1v) is 8.16. The van der Waals surface area contributed by atoms with Crippen LogP contribution in [0.5, 0.6) is 5.75 Å². The van der Waals surface area contributed by atoms with Crippen LogP contribution in [0, 0.1) is 6.92 Å². The van der Waals surface area contributed by atoms with Crippen molar-refractivity contribution < 1.29 is 19.1 Å². The number of ether oxygens (including phenoxy) is 1. The second-order valence-corrected chi connectivity index (χ2v) is 5.51. The minimum absolute atomic E-state index is 0.264. The van der Waals surface area contributed by atoms with E-state index in [1.54, 1.807) is 48.5 Å². The lowest BCUT2D eigenvalue weighted by Gasteiger charge is -2.09. The van der Waals surface area contributed by atoms with Gasteiger partial charge >= 0.3 is 0 Å². The standard InChI is InChI=1S/C19H21N3O4/c1-3-26-16-10-8-14(9-11-16)18(24)20-12-17(23)21-22-19(25)15-6-4-13(2)5-7-15/h4-11H,3,12H2,1-2H3,(H,20,24)(H,21,23)(H,22,25). The summed E-state index contributed by atoms with van der Waals surface area (Å²) in [6, 6.07) is 13.5. The van der Waals surface area contributed by atoms with Crippen LogP contribution in [0.3, 0.4) is 0 Å². The number of carbonyl (C=O) groups is 3. The molecule has 2 aromatic rings. The zero-order valence-electron chi connectivity index (χ0n) is 14.7. The van der Waals surface area contributed by atoms with Crippen LogP contribution in [0.2, 0.25) is 0 Å². The highest BCUT2D eigenvalue weighted by Crippen LogP contribution is 2.11. The van der Waals surface area contributed by atoms with Crippen LogP contribution in [0.4, 0.5) is 0 Å². The molecule has 136 valence electrons. The second-order valence-electron chi connectivity index (χ2n) is 5.51. The number of hydrogen-bond acceptors (Lipinski definition) is 4. The first kappa shape index (κ1) is 19.0. The van der Waals surface area contributed by atoms with Crippen molar-refractivity contribution in [3.8, 4) is 5.75 Å². The summed E-state index contributed by atoms with van der Waals surface area (Å²) in [5, 5.41) is 2.48. The summed E-state index contributed by atoms with van der Waals surface area (Å²) in [5.74, 6) is -0.699. The van der Waals surface area contributed by atoms with Gasteiger partial charge < -0.3 is 10.1 Å². The van der Waals surface area contributed by atoms with Crippen LogP contribution < -0.4 is 20.9 Å². The lowest BCUT2D eigenvalue weighted by Crippen LogP contribution is -2.46. The maximum absolute atomic E-state index is 12.0. The van der Waals surface area contributed by atoms with Gasteiger partial charge in [0.2, 0.25) is 0 Å². The Morgan fingerprint density at radius 2 is 1.42 bits per heavy atom. The monoisotopic (exact) mass is 355 g/mol. The molecule has 2 rings (SSSR count). The molecule has 2 aromatic carbocycles. The number of rotatable bonds is 6. The van der Waals surface area contributed by atoms with Crippen molar-refractivity contribution in [1.29, 1.82) is 0 Å². The fourth-order valence-electron chi connectivity index (χ4n) is 2.08. The molecule has 0 heterocycles. The van der Waals surface area contributed by atoms with Crippen molar-refractivity contribution in [3.63, 3.8) is 0 Å². The highest BCUT2D eigenvalue weighted by Gasteiger charge is 2.10. The lowest BCUT2D eigenvalue weighted by molar-refractivity contribution is -0.120. The van der Waals surface area contributed by atoms with Crippen molar-refractivity contribution in [2.75, 3.05) is 13.2 Å². The number of benzene rings is 2. The molecule has 0 fully saturated rings. The van der Waals surface area contributed by atoms with E-state index in [0.29, 0.717) is 23.5 Å². The Labute approximate surface area is 151 Å². The number of hydrogen-bond donors (Lipinski definition) is 3. The molecule has 0 bridgehead atoms. The van der Waals surface area contributed by atoms with Crippen LogP contribution >= 0.6 is 0 Å². The van der Waals surface area contributed by atoms with Crippen LogP contribution in [-0.2, 0) is 4.79 Å². The Morgan fingerprint density at radius 3 is 2.04 bits per heavy atom. The minimum Gasteiger partial charge on any atom is -0.494 e. The summed E-state index contributed by atoms with van der Waals surface area (Å²) in [7, 11) is 0. The lowest BCUT2D eigenvalue weighted by atomic mass is 10.1. The molecule has 0 spiro atoms. The van der Waals surface area contributed by atoms with Gasteiger partial charge in [0.05, 0.1) is 13.2 Å². The number of hydrazine groups is 1. The van der Waals surface area contributed by atoms with Gasteiger partial charge in [-0.25, -0.2) is 0 Å². The third kappa shape index (κ3) is 5.62. The molecule has 0 aliphatic heterocycles. The van der Waals surface area contributed by atoms with E-state index in [9.17, 15) is 14.4 Å². The third-order valence-corrected chi connectivity index (χ3v) is 3.47. The normalized spacial score (nSPS) is 9.92. The Bertz CT molecular complexity index is 770. The van der Waals surface area contributed by atoms with Gasteiger partial charge in [0.1, 0.15) is 5.75 Å². The van der Waals surface area contributed by atoms with E-state index in [1.807, 2.05) is 13.8 Å². The average molecular weight is 355 g/mol. The smallest absolute Gasteiger partial charge is 0.269 e. The van der Waals surface area contributed by atoms with E-state index in [0.717, 1.165) is 5.56 Å². The van der Waals surface area contributed by atoms with E-state index in [-0.39, 0.29) is 6.54 Å².